The van der Waals surface area contributed by atoms with Gasteiger partial charge in [0, 0.05) is 30.9 Å². The first-order valence-electron chi connectivity index (χ1n) is 6.68. The van der Waals surface area contributed by atoms with Crippen LogP contribution in [-0.4, -0.2) is 46.7 Å². The van der Waals surface area contributed by atoms with Gasteiger partial charge in [0.25, 0.3) is 16.7 Å². The average molecular weight is 321 g/mol. The van der Waals surface area contributed by atoms with E-state index in [1.54, 1.807) is 18.1 Å². The van der Waals surface area contributed by atoms with Gasteiger partial charge in [0.1, 0.15) is 11.9 Å². The number of hydrogen-bond acceptors (Lipinski definition) is 6. The first-order chi connectivity index (χ1) is 10.6. The maximum atomic E-state index is 12.5. The van der Waals surface area contributed by atoms with Crippen molar-refractivity contribution >= 4 is 17.2 Å². The summed E-state index contributed by atoms with van der Waals surface area (Å²) in [5, 5.41) is 2.45. The molecule has 7 nitrogen and oxygen atoms in total. The van der Waals surface area contributed by atoms with Gasteiger partial charge in [0.15, 0.2) is 0 Å². The molecule has 0 aliphatic carbocycles. The lowest BCUT2D eigenvalue weighted by atomic mass is 10.1. The Morgan fingerprint density at radius 3 is 2.86 bits per heavy atom. The van der Waals surface area contributed by atoms with Crippen molar-refractivity contribution in [2.45, 2.75) is 6.10 Å². The summed E-state index contributed by atoms with van der Waals surface area (Å²) in [5.41, 5.74) is 0.152. The van der Waals surface area contributed by atoms with Crippen LogP contribution in [0.25, 0.3) is 0 Å². The van der Waals surface area contributed by atoms with Gasteiger partial charge >= 0.3 is 0 Å². The number of carbonyl (C=O) groups excluding carboxylic acids is 1. The van der Waals surface area contributed by atoms with Crippen molar-refractivity contribution < 1.29 is 14.3 Å². The zero-order chi connectivity index (χ0) is 15.7. The molecule has 8 heteroatoms. The normalized spacial score (nSPS) is 14.5. The summed E-state index contributed by atoms with van der Waals surface area (Å²) in [6.45, 7) is 0.981. The average Bonchev–Trinajstić information content (AvgIpc) is 2.97. The number of pyridine rings is 1. The third kappa shape index (κ3) is 2.69. The van der Waals surface area contributed by atoms with Crippen LogP contribution in [0.4, 0.5) is 0 Å². The number of thiazole rings is 1. The SMILES string of the molecule is COc1cc(=O)n(C)cc1C(=O)N1CC(Oc2nccs2)C1. The first kappa shape index (κ1) is 14.6. The fourth-order valence-corrected chi connectivity index (χ4v) is 2.75. The van der Waals surface area contributed by atoms with Gasteiger partial charge in [-0.05, 0) is 0 Å². The lowest BCUT2D eigenvalue weighted by Gasteiger charge is -2.38. The summed E-state index contributed by atoms with van der Waals surface area (Å²) in [6, 6.07) is 1.32. The Bertz CT molecular complexity index is 735. The Morgan fingerprint density at radius 1 is 1.45 bits per heavy atom. The number of aromatic nitrogens is 2. The van der Waals surface area contributed by atoms with Crippen LogP contribution in [0.2, 0.25) is 0 Å². The number of methoxy groups -OCH3 is 1. The number of ether oxygens (including phenoxy) is 2. The quantitative estimate of drug-likeness (QED) is 0.831. The number of amides is 1. The molecule has 0 unspecified atom stereocenters. The van der Waals surface area contributed by atoms with Gasteiger partial charge in [0.2, 0.25) is 0 Å². The molecule has 116 valence electrons. The molecule has 0 saturated carbocycles. The number of hydrogen-bond donors (Lipinski definition) is 0. The predicted molar refractivity (Wildman–Crippen MR) is 80.7 cm³/mol. The second-order valence-corrected chi connectivity index (χ2v) is 5.81. The molecule has 1 aliphatic heterocycles. The molecule has 22 heavy (non-hydrogen) atoms. The third-order valence-electron chi connectivity index (χ3n) is 3.45. The summed E-state index contributed by atoms with van der Waals surface area (Å²) in [6.07, 6.45) is 3.13. The van der Waals surface area contributed by atoms with Gasteiger partial charge in [-0.3, -0.25) is 9.59 Å². The van der Waals surface area contributed by atoms with Crippen LogP contribution in [0, 0.1) is 0 Å². The van der Waals surface area contributed by atoms with Crippen molar-refractivity contribution in [1.82, 2.24) is 14.5 Å². The molecular weight excluding hydrogens is 306 g/mol. The standard InChI is InChI=1S/C14H15N3O4S/c1-16-8-10(11(20-2)5-12(16)18)13(19)17-6-9(7-17)21-14-15-3-4-22-14/h3-5,8-9H,6-7H2,1-2H3. The molecule has 1 aliphatic rings. The number of likely N-dealkylation sites (tertiary alicyclic amines) is 1. The van der Waals surface area contributed by atoms with E-state index in [0.29, 0.717) is 23.8 Å². The van der Waals surface area contributed by atoms with E-state index >= 15 is 0 Å². The molecule has 3 rings (SSSR count). The molecule has 0 bridgehead atoms. The van der Waals surface area contributed by atoms with Crippen LogP contribution in [0.3, 0.4) is 0 Å². The molecule has 0 atom stereocenters. The molecule has 2 aromatic heterocycles. The highest BCUT2D eigenvalue weighted by molar-refractivity contribution is 7.11. The number of nitrogens with zero attached hydrogens (tertiary/aromatic N) is 3. The van der Waals surface area contributed by atoms with Gasteiger partial charge in [-0.1, -0.05) is 11.3 Å². The van der Waals surface area contributed by atoms with Crippen molar-refractivity contribution in [3.05, 3.63) is 39.8 Å². The lowest BCUT2D eigenvalue weighted by Crippen LogP contribution is -2.56. The second kappa shape index (κ2) is 5.80. The predicted octanol–water partition coefficient (Wildman–Crippen LogP) is 0.754. The van der Waals surface area contributed by atoms with Crippen molar-refractivity contribution in [2.75, 3.05) is 20.2 Å². The van der Waals surface area contributed by atoms with E-state index in [4.69, 9.17) is 9.47 Å². The minimum absolute atomic E-state index is 0.0476. The van der Waals surface area contributed by atoms with E-state index in [9.17, 15) is 9.59 Å². The fourth-order valence-electron chi connectivity index (χ4n) is 2.20. The Labute approximate surface area is 130 Å². The van der Waals surface area contributed by atoms with E-state index in [2.05, 4.69) is 4.98 Å². The molecule has 0 radical (unpaired) electrons. The third-order valence-corrected chi connectivity index (χ3v) is 4.11. The Morgan fingerprint density at radius 2 is 2.23 bits per heavy atom. The zero-order valence-electron chi connectivity index (χ0n) is 12.2. The largest absolute Gasteiger partial charge is 0.496 e. The summed E-state index contributed by atoms with van der Waals surface area (Å²) in [5.74, 6) is 0.115. The zero-order valence-corrected chi connectivity index (χ0v) is 13.0. The van der Waals surface area contributed by atoms with Crippen LogP contribution < -0.4 is 15.0 Å². The molecule has 2 aromatic rings. The highest BCUT2D eigenvalue weighted by Crippen LogP contribution is 2.24. The van der Waals surface area contributed by atoms with Gasteiger partial charge in [-0.2, -0.15) is 0 Å². The van der Waals surface area contributed by atoms with Crippen molar-refractivity contribution in [3.8, 4) is 10.9 Å². The van der Waals surface area contributed by atoms with E-state index < -0.39 is 0 Å². The smallest absolute Gasteiger partial charge is 0.273 e. The van der Waals surface area contributed by atoms with Crippen molar-refractivity contribution in [3.63, 3.8) is 0 Å². The van der Waals surface area contributed by atoms with Crippen molar-refractivity contribution in [2.24, 2.45) is 7.05 Å². The maximum Gasteiger partial charge on any atom is 0.273 e. The van der Waals surface area contributed by atoms with Crippen LogP contribution in [-0.2, 0) is 7.05 Å². The van der Waals surface area contributed by atoms with E-state index in [0.717, 1.165) is 0 Å². The Hall–Kier alpha value is -2.35. The van der Waals surface area contributed by atoms with Crippen LogP contribution in [0.15, 0.2) is 28.6 Å². The first-order valence-corrected chi connectivity index (χ1v) is 7.56. The molecule has 1 saturated heterocycles. The monoisotopic (exact) mass is 321 g/mol. The van der Waals surface area contributed by atoms with Crippen LogP contribution in [0.1, 0.15) is 10.4 Å². The van der Waals surface area contributed by atoms with Crippen LogP contribution in [0.5, 0.6) is 10.9 Å². The summed E-state index contributed by atoms with van der Waals surface area (Å²) in [4.78, 5) is 29.8. The minimum Gasteiger partial charge on any atom is -0.496 e. The van der Waals surface area contributed by atoms with E-state index in [-0.39, 0.29) is 23.3 Å². The van der Waals surface area contributed by atoms with E-state index in [1.165, 1.54) is 35.3 Å². The highest BCUT2D eigenvalue weighted by Gasteiger charge is 2.34. The van der Waals surface area contributed by atoms with Gasteiger partial charge in [-0.25, -0.2) is 4.98 Å². The van der Waals surface area contributed by atoms with Crippen LogP contribution >= 0.6 is 11.3 Å². The van der Waals surface area contributed by atoms with Gasteiger partial charge in [0.05, 0.1) is 25.8 Å². The summed E-state index contributed by atoms with van der Waals surface area (Å²) < 4.78 is 12.1. The second-order valence-electron chi connectivity index (χ2n) is 4.95. The highest BCUT2D eigenvalue weighted by atomic mass is 32.1. The van der Waals surface area contributed by atoms with Gasteiger partial charge in [-0.15, -0.1) is 0 Å². The lowest BCUT2D eigenvalue weighted by molar-refractivity contribution is 0.0174. The topological polar surface area (TPSA) is 73.7 Å². The van der Waals surface area contributed by atoms with E-state index in [1.807, 2.05) is 5.38 Å². The molecule has 1 fully saturated rings. The number of carbonyl (C=O) groups is 1. The molecule has 3 heterocycles. The fraction of sp³-hybridized carbons (Fsp3) is 0.357. The molecule has 0 aromatic carbocycles. The van der Waals surface area contributed by atoms with Gasteiger partial charge < -0.3 is 18.9 Å². The molecule has 0 spiro atoms. The van der Waals surface area contributed by atoms with Crippen molar-refractivity contribution in [1.29, 1.82) is 0 Å². The molecule has 1 amide bonds. The summed E-state index contributed by atoms with van der Waals surface area (Å²) >= 11 is 1.42. The minimum atomic E-state index is -0.220. The maximum absolute atomic E-state index is 12.5. The Kier molecular flexibility index (Phi) is 3.84. The number of aryl methyl sites for hydroxylation is 1. The Balaban J connectivity index is 1.68. The summed E-state index contributed by atoms with van der Waals surface area (Å²) in [7, 11) is 3.04. The molecule has 0 N–H and O–H groups in total. The molecular formula is C14H15N3O4S. The number of rotatable bonds is 4.